The smallest absolute Gasteiger partial charge is 0.254 e. The Morgan fingerprint density at radius 3 is 2.71 bits per heavy atom. The lowest BCUT2D eigenvalue weighted by atomic mass is 9.96. The third kappa shape index (κ3) is 3.47. The second-order valence-electron chi connectivity index (χ2n) is 5.99. The Hall–Kier alpha value is -2.24. The normalized spacial score (nSPS) is 19.2. The molecule has 3 unspecified atom stereocenters. The zero-order valence-electron chi connectivity index (χ0n) is 13.4. The zero-order chi connectivity index (χ0) is 17.1. The number of carbonyl (C=O) groups excluding carboxylic acids is 1. The molecule has 4 nitrogen and oxygen atoms in total. The summed E-state index contributed by atoms with van der Waals surface area (Å²) < 4.78 is 18.6. The molecule has 0 saturated heterocycles. The van der Waals surface area contributed by atoms with Crippen LogP contribution in [0.3, 0.4) is 0 Å². The van der Waals surface area contributed by atoms with Gasteiger partial charge in [0, 0.05) is 0 Å². The molecule has 1 aliphatic heterocycles. The van der Waals surface area contributed by atoms with Crippen molar-refractivity contribution in [2.75, 3.05) is 6.61 Å². The minimum atomic E-state index is -0.923. The Bertz CT molecular complexity index is 717. The highest BCUT2D eigenvalue weighted by molar-refractivity contribution is 5.83. The SMILES string of the molecule is CC(NC(=O)C1OCCc2ccccc21)C(O)c1ccc(F)cc1. The van der Waals surface area contributed by atoms with Crippen molar-refractivity contribution in [1.29, 1.82) is 0 Å². The number of carbonyl (C=O) groups is 1. The first-order valence-electron chi connectivity index (χ1n) is 7.99. The molecule has 0 aliphatic carbocycles. The lowest BCUT2D eigenvalue weighted by molar-refractivity contribution is -0.135. The Labute approximate surface area is 140 Å². The molecule has 24 heavy (non-hydrogen) atoms. The van der Waals surface area contributed by atoms with E-state index >= 15 is 0 Å². The van der Waals surface area contributed by atoms with E-state index in [1.807, 2.05) is 24.3 Å². The molecule has 3 rings (SSSR count). The summed E-state index contributed by atoms with van der Waals surface area (Å²) in [6.07, 6.45) is -0.806. The van der Waals surface area contributed by atoms with Crippen LogP contribution in [0.25, 0.3) is 0 Å². The van der Waals surface area contributed by atoms with Crippen LogP contribution in [0.4, 0.5) is 4.39 Å². The summed E-state index contributed by atoms with van der Waals surface area (Å²) >= 11 is 0. The van der Waals surface area contributed by atoms with Crippen molar-refractivity contribution in [2.24, 2.45) is 0 Å². The quantitative estimate of drug-likeness (QED) is 0.907. The Balaban J connectivity index is 1.69. The van der Waals surface area contributed by atoms with Gasteiger partial charge in [-0.15, -0.1) is 0 Å². The van der Waals surface area contributed by atoms with E-state index in [2.05, 4.69) is 5.32 Å². The number of amides is 1. The van der Waals surface area contributed by atoms with E-state index in [1.54, 1.807) is 6.92 Å². The van der Waals surface area contributed by atoms with E-state index in [-0.39, 0.29) is 11.7 Å². The first-order valence-corrected chi connectivity index (χ1v) is 7.99. The average molecular weight is 329 g/mol. The molecule has 0 saturated carbocycles. The molecule has 3 atom stereocenters. The lowest BCUT2D eigenvalue weighted by Crippen LogP contribution is -2.41. The number of fused-ring (bicyclic) bond motifs is 1. The Morgan fingerprint density at radius 2 is 1.96 bits per heavy atom. The van der Waals surface area contributed by atoms with Gasteiger partial charge in [0.05, 0.1) is 18.8 Å². The number of aliphatic hydroxyl groups is 1. The monoisotopic (exact) mass is 329 g/mol. The van der Waals surface area contributed by atoms with Crippen molar-refractivity contribution in [2.45, 2.75) is 31.6 Å². The van der Waals surface area contributed by atoms with Crippen molar-refractivity contribution in [3.8, 4) is 0 Å². The van der Waals surface area contributed by atoms with E-state index in [0.29, 0.717) is 12.2 Å². The maximum Gasteiger partial charge on any atom is 0.254 e. The molecule has 2 N–H and O–H groups in total. The highest BCUT2D eigenvalue weighted by atomic mass is 19.1. The van der Waals surface area contributed by atoms with Gasteiger partial charge in [-0.05, 0) is 42.2 Å². The predicted molar refractivity (Wildman–Crippen MR) is 87.8 cm³/mol. The first kappa shape index (κ1) is 16.6. The molecule has 1 amide bonds. The molecule has 0 radical (unpaired) electrons. The van der Waals surface area contributed by atoms with Crippen molar-refractivity contribution in [3.05, 3.63) is 71.0 Å². The van der Waals surface area contributed by atoms with Gasteiger partial charge in [-0.1, -0.05) is 36.4 Å². The number of rotatable bonds is 4. The minimum Gasteiger partial charge on any atom is -0.386 e. The summed E-state index contributed by atoms with van der Waals surface area (Å²) in [4.78, 5) is 12.6. The number of halogens is 1. The van der Waals surface area contributed by atoms with Crippen LogP contribution in [-0.2, 0) is 16.0 Å². The van der Waals surface area contributed by atoms with Gasteiger partial charge in [0.2, 0.25) is 0 Å². The number of nitrogens with one attached hydrogen (secondary N) is 1. The van der Waals surface area contributed by atoms with Crippen LogP contribution >= 0.6 is 0 Å². The largest absolute Gasteiger partial charge is 0.386 e. The van der Waals surface area contributed by atoms with Gasteiger partial charge in [-0.3, -0.25) is 4.79 Å². The van der Waals surface area contributed by atoms with E-state index < -0.39 is 18.2 Å². The van der Waals surface area contributed by atoms with E-state index in [9.17, 15) is 14.3 Å². The lowest BCUT2D eigenvalue weighted by Gasteiger charge is -2.28. The fourth-order valence-electron chi connectivity index (χ4n) is 2.94. The molecule has 2 aromatic rings. The van der Waals surface area contributed by atoms with Gasteiger partial charge in [0.1, 0.15) is 5.82 Å². The van der Waals surface area contributed by atoms with Crippen LogP contribution in [0.15, 0.2) is 48.5 Å². The van der Waals surface area contributed by atoms with Gasteiger partial charge in [-0.25, -0.2) is 4.39 Å². The molecular formula is C19H20FNO3. The summed E-state index contributed by atoms with van der Waals surface area (Å²) in [6.45, 7) is 2.20. The summed E-state index contributed by atoms with van der Waals surface area (Å²) in [5, 5.41) is 13.1. The molecule has 126 valence electrons. The maximum absolute atomic E-state index is 13.0. The Morgan fingerprint density at radius 1 is 1.25 bits per heavy atom. The molecule has 1 aliphatic rings. The summed E-state index contributed by atoms with van der Waals surface area (Å²) in [5.74, 6) is -0.648. The predicted octanol–water partition coefficient (Wildman–Crippen LogP) is 2.68. The van der Waals surface area contributed by atoms with Crippen LogP contribution in [0.2, 0.25) is 0 Å². The highest BCUT2D eigenvalue weighted by Crippen LogP contribution is 2.27. The summed E-state index contributed by atoms with van der Waals surface area (Å²) in [5.41, 5.74) is 2.52. The van der Waals surface area contributed by atoms with Gasteiger partial charge in [-0.2, -0.15) is 0 Å². The fourth-order valence-corrected chi connectivity index (χ4v) is 2.94. The number of aliphatic hydroxyl groups excluding tert-OH is 1. The standard InChI is InChI=1S/C19H20FNO3/c1-12(17(22)14-6-8-15(20)9-7-14)21-19(23)18-16-5-3-2-4-13(16)10-11-24-18/h2-9,12,17-18,22H,10-11H2,1H3,(H,21,23). The molecule has 5 heteroatoms. The van der Waals surface area contributed by atoms with E-state index in [0.717, 1.165) is 17.5 Å². The highest BCUT2D eigenvalue weighted by Gasteiger charge is 2.29. The average Bonchev–Trinajstić information content (AvgIpc) is 2.61. The third-order valence-electron chi connectivity index (χ3n) is 4.29. The number of hydrogen-bond donors (Lipinski definition) is 2. The van der Waals surface area contributed by atoms with Crippen LogP contribution < -0.4 is 5.32 Å². The van der Waals surface area contributed by atoms with Crippen LogP contribution in [0, 0.1) is 5.82 Å². The summed E-state index contributed by atoms with van der Waals surface area (Å²) in [7, 11) is 0. The molecule has 0 spiro atoms. The molecular weight excluding hydrogens is 309 g/mol. The number of hydrogen-bond acceptors (Lipinski definition) is 3. The maximum atomic E-state index is 13.0. The number of ether oxygens (including phenoxy) is 1. The van der Waals surface area contributed by atoms with Gasteiger partial charge in [0.25, 0.3) is 5.91 Å². The number of benzene rings is 2. The van der Waals surface area contributed by atoms with Crippen LogP contribution in [0.5, 0.6) is 0 Å². The second kappa shape index (κ2) is 7.11. The van der Waals surface area contributed by atoms with Crippen molar-refractivity contribution in [1.82, 2.24) is 5.32 Å². The van der Waals surface area contributed by atoms with Gasteiger partial charge < -0.3 is 15.2 Å². The molecule has 0 bridgehead atoms. The Kier molecular flexibility index (Phi) is 4.92. The van der Waals surface area contributed by atoms with Crippen molar-refractivity contribution < 1.29 is 19.0 Å². The first-order chi connectivity index (χ1) is 11.6. The van der Waals surface area contributed by atoms with Crippen LogP contribution in [-0.4, -0.2) is 23.7 Å². The zero-order valence-corrected chi connectivity index (χ0v) is 13.4. The fraction of sp³-hybridized carbons (Fsp3) is 0.316. The van der Waals surface area contributed by atoms with Gasteiger partial charge in [0.15, 0.2) is 6.10 Å². The van der Waals surface area contributed by atoms with E-state index in [4.69, 9.17) is 4.74 Å². The molecule has 0 fully saturated rings. The van der Waals surface area contributed by atoms with Crippen molar-refractivity contribution >= 4 is 5.91 Å². The van der Waals surface area contributed by atoms with Gasteiger partial charge >= 0.3 is 0 Å². The van der Waals surface area contributed by atoms with Crippen molar-refractivity contribution in [3.63, 3.8) is 0 Å². The molecule has 2 aromatic carbocycles. The molecule has 1 heterocycles. The summed E-state index contributed by atoms with van der Waals surface area (Å²) in [6, 6.07) is 12.8. The van der Waals surface area contributed by atoms with Crippen LogP contribution in [0.1, 0.15) is 35.8 Å². The minimum absolute atomic E-state index is 0.282. The topological polar surface area (TPSA) is 58.6 Å². The molecule has 0 aromatic heterocycles. The second-order valence-corrected chi connectivity index (χ2v) is 5.99. The van der Waals surface area contributed by atoms with E-state index in [1.165, 1.54) is 24.3 Å². The third-order valence-corrected chi connectivity index (χ3v) is 4.29.